The summed E-state index contributed by atoms with van der Waals surface area (Å²) in [6.45, 7) is 0.235. The lowest BCUT2D eigenvalue weighted by atomic mass is 10.0. The molecule has 1 amide bonds. The number of amides is 1. The number of nitrogens with zero attached hydrogens (tertiary/aromatic N) is 2. The zero-order chi connectivity index (χ0) is 20.3. The van der Waals surface area contributed by atoms with Gasteiger partial charge in [-0.15, -0.1) is 11.3 Å². The quantitative estimate of drug-likeness (QED) is 0.649. The summed E-state index contributed by atoms with van der Waals surface area (Å²) in [5.74, 6) is -1.63. The summed E-state index contributed by atoms with van der Waals surface area (Å²) in [4.78, 5) is 18.2. The highest BCUT2D eigenvalue weighted by Crippen LogP contribution is 2.29. The van der Waals surface area contributed by atoms with Crippen LogP contribution in [0.2, 0.25) is 0 Å². The molecule has 1 fully saturated rings. The summed E-state index contributed by atoms with van der Waals surface area (Å²) in [6, 6.07) is 5.01. The summed E-state index contributed by atoms with van der Waals surface area (Å²) in [7, 11) is 0. The van der Waals surface area contributed by atoms with Crippen LogP contribution in [0, 0.1) is 0 Å². The van der Waals surface area contributed by atoms with Gasteiger partial charge < -0.3 is 10.4 Å². The summed E-state index contributed by atoms with van der Waals surface area (Å²) < 4.78 is 50.6. The van der Waals surface area contributed by atoms with Crippen LogP contribution in [0.1, 0.15) is 16.7 Å². The fourth-order valence-electron chi connectivity index (χ4n) is 2.87. The number of benzene rings is 1. The standard InChI is InChI=1S/C18H19F4N3O2S/c19-5-13(24-18(27)17(21)22)16(26)11-3-1-10(2-4-11)14-6-23-15(28-14)9-25-7-12(20)8-25/h1-4,6,12-13,16-17,26H,5,7-9H2,(H,24,27)/t13-,16+/m1/s1. The minimum atomic E-state index is -3.28. The van der Waals surface area contributed by atoms with Crippen molar-refractivity contribution in [1.82, 2.24) is 15.2 Å². The zero-order valence-electron chi connectivity index (χ0n) is 14.7. The molecule has 0 bridgehead atoms. The summed E-state index contributed by atoms with van der Waals surface area (Å²) in [6.07, 6.45) is -3.81. The molecule has 152 valence electrons. The van der Waals surface area contributed by atoms with Gasteiger partial charge in [0.25, 0.3) is 5.91 Å². The molecule has 2 N–H and O–H groups in total. The molecule has 2 aromatic rings. The van der Waals surface area contributed by atoms with E-state index >= 15 is 0 Å². The summed E-state index contributed by atoms with van der Waals surface area (Å²) in [5.41, 5.74) is 1.11. The van der Waals surface area contributed by atoms with Crippen LogP contribution in [0.25, 0.3) is 10.4 Å². The lowest BCUT2D eigenvalue weighted by Gasteiger charge is -2.33. The molecule has 3 rings (SSSR count). The van der Waals surface area contributed by atoms with Crippen LogP contribution in [0.3, 0.4) is 0 Å². The second-order valence-corrected chi connectivity index (χ2v) is 7.66. The number of aliphatic hydroxyl groups excluding tert-OH is 1. The van der Waals surface area contributed by atoms with E-state index in [1.54, 1.807) is 35.8 Å². The maximum atomic E-state index is 13.1. The Kier molecular flexibility index (Phi) is 6.63. The van der Waals surface area contributed by atoms with E-state index in [2.05, 4.69) is 4.98 Å². The second kappa shape index (κ2) is 8.97. The Morgan fingerprint density at radius 3 is 2.57 bits per heavy atom. The molecule has 2 atom stereocenters. The molecule has 1 saturated heterocycles. The van der Waals surface area contributed by atoms with Gasteiger partial charge in [-0.1, -0.05) is 24.3 Å². The van der Waals surface area contributed by atoms with Crippen molar-refractivity contribution >= 4 is 17.2 Å². The molecule has 28 heavy (non-hydrogen) atoms. The van der Waals surface area contributed by atoms with Gasteiger partial charge in [-0.05, 0) is 11.1 Å². The van der Waals surface area contributed by atoms with Gasteiger partial charge in [0.15, 0.2) is 0 Å². The van der Waals surface area contributed by atoms with Gasteiger partial charge in [-0.3, -0.25) is 9.69 Å². The minimum Gasteiger partial charge on any atom is -0.386 e. The van der Waals surface area contributed by atoms with Crippen LogP contribution in [0.4, 0.5) is 17.6 Å². The van der Waals surface area contributed by atoms with Crippen molar-refractivity contribution in [3.63, 3.8) is 0 Å². The smallest absolute Gasteiger partial charge is 0.315 e. The van der Waals surface area contributed by atoms with E-state index in [1.807, 2.05) is 4.90 Å². The van der Waals surface area contributed by atoms with Crippen LogP contribution in [-0.4, -0.2) is 59.3 Å². The number of thiazole rings is 1. The number of rotatable bonds is 8. The number of halogens is 4. The lowest BCUT2D eigenvalue weighted by molar-refractivity contribution is -0.133. The van der Waals surface area contributed by atoms with Crippen LogP contribution >= 0.6 is 11.3 Å². The summed E-state index contributed by atoms with van der Waals surface area (Å²) >= 11 is 1.46. The number of aliphatic hydroxyl groups is 1. The molecule has 5 nitrogen and oxygen atoms in total. The number of hydrogen-bond acceptors (Lipinski definition) is 5. The number of likely N-dealkylation sites (tertiary alicyclic amines) is 1. The first kappa shape index (κ1) is 20.7. The van der Waals surface area contributed by atoms with Crippen molar-refractivity contribution in [1.29, 1.82) is 0 Å². The van der Waals surface area contributed by atoms with Crippen molar-refractivity contribution in [2.75, 3.05) is 19.8 Å². The Morgan fingerprint density at radius 1 is 1.32 bits per heavy atom. The minimum absolute atomic E-state index is 0.292. The van der Waals surface area contributed by atoms with Gasteiger partial charge in [0.05, 0.1) is 17.5 Å². The molecule has 0 aliphatic carbocycles. The van der Waals surface area contributed by atoms with Crippen LogP contribution in [-0.2, 0) is 11.3 Å². The highest BCUT2D eigenvalue weighted by atomic mass is 32.1. The van der Waals surface area contributed by atoms with E-state index in [4.69, 9.17) is 0 Å². The molecule has 1 aliphatic rings. The topological polar surface area (TPSA) is 65.5 Å². The van der Waals surface area contributed by atoms with E-state index < -0.39 is 37.3 Å². The van der Waals surface area contributed by atoms with Crippen molar-refractivity contribution in [2.45, 2.75) is 31.3 Å². The van der Waals surface area contributed by atoms with Gasteiger partial charge in [-0.25, -0.2) is 13.8 Å². The third-order valence-electron chi connectivity index (χ3n) is 4.43. The predicted octanol–water partition coefficient (Wildman–Crippen LogP) is 2.72. The Morgan fingerprint density at radius 2 is 2.00 bits per heavy atom. The Balaban J connectivity index is 1.64. The van der Waals surface area contributed by atoms with E-state index in [9.17, 15) is 27.5 Å². The van der Waals surface area contributed by atoms with Crippen molar-refractivity contribution in [2.24, 2.45) is 0 Å². The monoisotopic (exact) mass is 417 g/mol. The highest BCUT2D eigenvalue weighted by molar-refractivity contribution is 7.15. The fraction of sp³-hybridized carbons (Fsp3) is 0.444. The van der Waals surface area contributed by atoms with Gasteiger partial charge >= 0.3 is 6.43 Å². The van der Waals surface area contributed by atoms with E-state index in [0.717, 1.165) is 15.4 Å². The molecule has 10 heteroatoms. The average molecular weight is 417 g/mol. The van der Waals surface area contributed by atoms with E-state index in [0.29, 0.717) is 25.2 Å². The predicted molar refractivity (Wildman–Crippen MR) is 96.6 cm³/mol. The number of nitrogens with one attached hydrogen (secondary N) is 1. The Hall–Kier alpha value is -2.04. The average Bonchev–Trinajstić information content (AvgIpc) is 3.12. The second-order valence-electron chi connectivity index (χ2n) is 6.55. The van der Waals surface area contributed by atoms with Crippen LogP contribution < -0.4 is 5.32 Å². The zero-order valence-corrected chi connectivity index (χ0v) is 15.5. The van der Waals surface area contributed by atoms with Gasteiger partial charge in [0.2, 0.25) is 0 Å². The SMILES string of the molecule is O=C(N[C@H](CF)[C@@H](O)c1ccc(-c2cnc(CN3CC(F)C3)s2)cc1)C(F)F. The molecule has 0 unspecified atom stereocenters. The van der Waals surface area contributed by atoms with Crippen LogP contribution in [0.15, 0.2) is 30.5 Å². The molecule has 0 radical (unpaired) electrons. The Labute approximate surface area is 163 Å². The number of hydrogen-bond donors (Lipinski definition) is 2. The molecule has 0 spiro atoms. The first-order valence-corrected chi connectivity index (χ1v) is 9.43. The molecule has 2 heterocycles. The number of aromatic nitrogens is 1. The normalized spacial score (nSPS) is 17.4. The van der Waals surface area contributed by atoms with E-state index in [1.165, 1.54) is 11.3 Å². The number of alkyl halides is 4. The Bertz CT molecular complexity index is 796. The van der Waals surface area contributed by atoms with Crippen LogP contribution in [0.5, 0.6) is 0 Å². The third kappa shape index (κ3) is 4.86. The molecule has 1 aromatic heterocycles. The largest absolute Gasteiger partial charge is 0.386 e. The fourth-order valence-corrected chi connectivity index (χ4v) is 3.83. The molecule has 1 aromatic carbocycles. The number of carbonyl (C=O) groups excluding carboxylic acids is 1. The van der Waals surface area contributed by atoms with Gasteiger partial charge in [0, 0.05) is 19.3 Å². The third-order valence-corrected chi connectivity index (χ3v) is 5.47. The van der Waals surface area contributed by atoms with E-state index in [-0.39, 0.29) is 0 Å². The number of carbonyl (C=O) groups is 1. The first-order chi connectivity index (χ1) is 13.4. The highest BCUT2D eigenvalue weighted by Gasteiger charge is 2.27. The maximum Gasteiger partial charge on any atom is 0.315 e. The first-order valence-electron chi connectivity index (χ1n) is 8.61. The van der Waals surface area contributed by atoms with Gasteiger partial charge in [0.1, 0.15) is 24.0 Å². The van der Waals surface area contributed by atoms with Crippen molar-refractivity contribution in [3.8, 4) is 10.4 Å². The lowest BCUT2D eigenvalue weighted by Crippen LogP contribution is -2.47. The molecule has 1 aliphatic heterocycles. The van der Waals surface area contributed by atoms with Gasteiger partial charge in [-0.2, -0.15) is 8.78 Å². The summed E-state index contributed by atoms with van der Waals surface area (Å²) in [5, 5.41) is 12.8. The molecular formula is C18H19F4N3O2S. The van der Waals surface area contributed by atoms with Crippen molar-refractivity contribution < 1.29 is 27.5 Å². The molecule has 0 saturated carbocycles. The maximum absolute atomic E-state index is 13.1. The molecular weight excluding hydrogens is 398 g/mol. The van der Waals surface area contributed by atoms with Crippen molar-refractivity contribution in [3.05, 3.63) is 41.0 Å².